The second-order valence-corrected chi connectivity index (χ2v) is 4.90. The fourth-order valence-electron chi connectivity index (χ4n) is 1.78. The molecule has 0 atom stereocenters. The van der Waals surface area contributed by atoms with E-state index in [4.69, 9.17) is 10.00 Å². The normalized spacial score (nSPS) is 9.81. The Balaban J connectivity index is 2.41. The summed E-state index contributed by atoms with van der Waals surface area (Å²) in [6, 6.07) is 11.1. The Morgan fingerprint density at radius 3 is 2.71 bits per heavy atom. The van der Waals surface area contributed by atoms with Gasteiger partial charge >= 0.3 is 0 Å². The molecule has 1 amide bonds. The van der Waals surface area contributed by atoms with Crippen LogP contribution in [0.3, 0.4) is 0 Å². The summed E-state index contributed by atoms with van der Waals surface area (Å²) in [6.45, 7) is 0. The third kappa shape index (κ3) is 3.03. The van der Waals surface area contributed by atoms with Crippen molar-refractivity contribution in [3.8, 4) is 11.8 Å². The van der Waals surface area contributed by atoms with E-state index in [2.05, 4.69) is 21.2 Å². The van der Waals surface area contributed by atoms with Crippen molar-refractivity contribution in [3.63, 3.8) is 0 Å². The van der Waals surface area contributed by atoms with Crippen LogP contribution in [0.5, 0.6) is 5.75 Å². The number of benzene rings is 2. The number of amides is 1. The van der Waals surface area contributed by atoms with Crippen LogP contribution in [0, 0.1) is 17.1 Å². The van der Waals surface area contributed by atoms with Crippen molar-refractivity contribution in [2.75, 3.05) is 12.4 Å². The number of halogens is 2. The second kappa shape index (κ2) is 6.37. The lowest BCUT2D eigenvalue weighted by atomic mass is 10.1. The lowest BCUT2D eigenvalue weighted by molar-refractivity contribution is 0.102. The van der Waals surface area contributed by atoms with E-state index >= 15 is 0 Å². The fraction of sp³-hybridized carbons (Fsp3) is 0.0667. The summed E-state index contributed by atoms with van der Waals surface area (Å²) in [5.74, 6) is -0.990. The van der Waals surface area contributed by atoms with Gasteiger partial charge in [-0.1, -0.05) is 12.1 Å². The molecule has 4 nitrogen and oxygen atoms in total. The lowest BCUT2D eigenvalue weighted by Gasteiger charge is -2.12. The van der Waals surface area contributed by atoms with E-state index in [9.17, 15) is 9.18 Å². The molecular formula is C15H10BrFN2O2. The largest absolute Gasteiger partial charge is 0.495 e. The molecule has 2 rings (SSSR count). The van der Waals surface area contributed by atoms with Crippen molar-refractivity contribution >= 4 is 27.5 Å². The Morgan fingerprint density at radius 2 is 2.05 bits per heavy atom. The van der Waals surface area contributed by atoms with Gasteiger partial charge in [-0.25, -0.2) is 4.39 Å². The standard InChI is InChI=1S/C15H10BrFN2O2/c1-21-12-7-2-4-9(8-18)14(12)19-15(20)10-5-3-6-11(16)13(10)17/h2-7H,1H3,(H,19,20). The van der Waals surface area contributed by atoms with Gasteiger partial charge < -0.3 is 10.1 Å². The van der Waals surface area contributed by atoms with E-state index < -0.39 is 11.7 Å². The monoisotopic (exact) mass is 348 g/mol. The molecule has 1 N–H and O–H groups in total. The summed E-state index contributed by atoms with van der Waals surface area (Å²) in [6.07, 6.45) is 0. The lowest BCUT2D eigenvalue weighted by Crippen LogP contribution is -2.15. The SMILES string of the molecule is COc1cccc(C#N)c1NC(=O)c1cccc(Br)c1F. The molecule has 0 saturated heterocycles. The first-order valence-corrected chi connectivity index (χ1v) is 6.70. The van der Waals surface area contributed by atoms with Gasteiger partial charge in [-0.3, -0.25) is 4.79 Å². The molecule has 0 radical (unpaired) electrons. The fourth-order valence-corrected chi connectivity index (χ4v) is 2.15. The zero-order valence-corrected chi connectivity index (χ0v) is 12.6. The van der Waals surface area contributed by atoms with Gasteiger partial charge in [0.1, 0.15) is 23.3 Å². The van der Waals surface area contributed by atoms with Crippen molar-refractivity contribution in [2.45, 2.75) is 0 Å². The van der Waals surface area contributed by atoms with Crippen LogP contribution in [-0.4, -0.2) is 13.0 Å². The summed E-state index contributed by atoms with van der Waals surface area (Å²) in [5.41, 5.74) is 0.323. The number of para-hydroxylation sites is 1. The molecular weight excluding hydrogens is 339 g/mol. The van der Waals surface area contributed by atoms with E-state index in [1.807, 2.05) is 6.07 Å². The molecule has 0 bridgehead atoms. The van der Waals surface area contributed by atoms with Crippen molar-refractivity contribution in [1.82, 2.24) is 0 Å². The van der Waals surface area contributed by atoms with E-state index in [0.29, 0.717) is 5.75 Å². The van der Waals surface area contributed by atoms with Gasteiger partial charge in [0.2, 0.25) is 0 Å². The van der Waals surface area contributed by atoms with Crippen molar-refractivity contribution in [1.29, 1.82) is 5.26 Å². The molecule has 0 aliphatic heterocycles. The van der Waals surface area contributed by atoms with Gasteiger partial charge in [-0.05, 0) is 40.2 Å². The number of anilines is 1. The summed E-state index contributed by atoms with van der Waals surface area (Å²) >= 11 is 3.02. The minimum Gasteiger partial charge on any atom is -0.495 e. The van der Waals surface area contributed by atoms with Crippen molar-refractivity contribution in [3.05, 3.63) is 57.8 Å². The minimum atomic E-state index is -0.664. The van der Waals surface area contributed by atoms with Crippen LogP contribution < -0.4 is 10.1 Å². The maximum atomic E-state index is 13.9. The Bertz CT molecular complexity index is 741. The molecule has 21 heavy (non-hydrogen) atoms. The van der Waals surface area contributed by atoms with E-state index in [1.165, 1.54) is 25.3 Å². The number of nitrogens with one attached hydrogen (secondary N) is 1. The van der Waals surface area contributed by atoms with Crippen LogP contribution in [-0.2, 0) is 0 Å². The third-order valence-corrected chi connectivity index (χ3v) is 3.41. The van der Waals surface area contributed by atoms with Gasteiger partial charge in [0.25, 0.3) is 5.91 Å². The quantitative estimate of drug-likeness (QED) is 0.919. The number of hydrogen-bond donors (Lipinski definition) is 1. The molecule has 2 aromatic carbocycles. The van der Waals surface area contributed by atoms with Crippen LogP contribution in [0.1, 0.15) is 15.9 Å². The maximum Gasteiger partial charge on any atom is 0.258 e. The Hall–Kier alpha value is -2.39. The first-order chi connectivity index (χ1) is 10.1. The number of ether oxygens (including phenoxy) is 1. The molecule has 0 fully saturated rings. The number of carbonyl (C=O) groups excluding carboxylic acids is 1. The molecule has 0 aliphatic rings. The molecule has 0 aromatic heterocycles. The highest BCUT2D eigenvalue weighted by Crippen LogP contribution is 2.29. The topological polar surface area (TPSA) is 62.1 Å². The molecule has 0 aliphatic carbocycles. The highest BCUT2D eigenvalue weighted by Gasteiger charge is 2.17. The summed E-state index contributed by atoms with van der Waals surface area (Å²) in [4.78, 5) is 12.2. The zero-order valence-electron chi connectivity index (χ0n) is 11.0. The summed E-state index contributed by atoms with van der Waals surface area (Å²) in [7, 11) is 1.42. The van der Waals surface area contributed by atoms with Crippen LogP contribution in [0.4, 0.5) is 10.1 Å². The van der Waals surface area contributed by atoms with Gasteiger partial charge in [-0.2, -0.15) is 5.26 Å². The van der Waals surface area contributed by atoms with Gasteiger partial charge in [-0.15, -0.1) is 0 Å². The van der Waals surface area contributed by atoms with Crippen molar-refractivity contribution in [2.24, 2.45) is 0 Å². The van der Waals surface area contributed by atoms with Crippen LogP contribution in [0.2, 0.25) is 0 Å². The summed E-state index contributed by atoms with van der Waals surface area (Å²) in [5, 5.41) is 11.6. The van der Waals surface area contributed by atoms with Crippen LogP contribution in [0.25, 0.3) is 0 Å². The second-order valence-electron chi connectivity index (χ2n) is 4.05. The van der Waals surface area contributed by atoms with E-state index in [-0.39, 0.29) is 21.3 Å². The highest BCUT2D eigenvalue weighted by molar-refractivity contribution is 9.10. The predicted octanol–water partition coefficient (Wildman–Crippen LogP) is 3.72. The molecule has 6 heteroatoms. The third-order valence-electron chi connectivity index (χ3n) is 2.80. The van der Waals surface area contributed by atoms with Crippen LogP contribution in [0.15, 0.2) is 40.9 Å². The molecule has 0 heterocycles. The smallest absolute Gasteiger partial charge is 0.258 e. The molecule has 106 valence electrons. The average Bonchev–Trinajstić information content (AvgIpc) is 2.50. The number of hydrogen-bond acceptors (Lipinski definition) is 3. The number of carbonyl (C=O) groups is 1. The molecule has 0 spiro atoms. The summed E-state index contributed by atoms with van der Waals surface area (Å²) < 4.78 is 19.2. The number of methoxy groups -OCH3 is 1. The molecule has 2 aromatic rings. The average molecular weight is 349 g/mol. The van der Waals surface area contributed by atoms with Crippen LogP contribution >= 0.6 is 15.9 Å². The Labute approximate surface area is 129 Å². The number of nitrogens with zero attached hydrogens (tertiary/aromatic N) is 1. The Morgan fingerprint density at radius 1 is 1.33 bits per heavy atom. The number of rotatable bonds is 3. The van der Waals surface area contributed by atoms with Gasteiger partial charge in [0.05, 0.1) is 22.7 Å². The first kappa shape index (κ1) is 15.0. The zero-order chi connectivity index (χ0) is 15.4. The van der Waals surface area contributed by atoms with E-state index in [1.54, 1.807) is 18.2 Å². The van der Waals surface area contributed by atoms with E-state index in [0.717, 1.165) is 0 Å². The van der Waals surface area contributed by atoms with Gasteiger partial charge in [0, 0.05) is 0 Å². The van der Waals surface area contributed by atoms with Gasteiger partial charge in [0.15, 0.2) is 0 Å². The molecule has 0 unspecified atom stereocenters. The first-order valence-electron chi connectivity index (χ1n) is 5.91. The molecule has 0 saturated carbocycles. The predicted molar refractivity (Wildman–Crippen MR) is 79.8 cm³/mol. The highest BCUT2D eigenvalue weighted by atomic mass is 79.9. The van der Waals surface area contributed by atoms with Crippen molar-refractivity contribution < 1.29 is 13.9 Å². The maximum absolute atomic E-state index is 13.9. The number of nitriles is 1. The minimum absolute atomic E-state index is 0.126. The Kier molecular flexibility index (Phi) is 4.55.